The molecule has 20 heavy (non-hydrogen) atoms. The summed E-state index contributed by atoms with van der Waals surface area (Å²) in [4.78, 5) is 18.1. The van der Waals surface area contributed by atoms with Gasteiger partial charge in [0.15, 0.2) is 0 Å². The van der Waals surface area contributed by atoms with E-state index in [1.807, 2.05) is 49.4 Å². The Morgan fingerprint density at radius 2 is 1.75 bits per heavy atom. The van der Waals surface area contributed by atoms with Crippen LogP contribution in [0.3, 0.4) is 0 Å². The topological polar surface area (TPSA) is 66.8 Å². The van der Waals surface area contributed by atoms with Crippen molar-refractivity contribution in [2.45, 2.75) is 20.3 Å². The molecule has 0 spiro atoms. The smallest absolute Gasteiger partial charge is 0.404 e. The van der Waals surface area contributed by atoms with Gasteiger partial charge in [-0.3, -0.25) is 9.79 Å². The van der Waals surface area contributed by atoms with E-state index >= 15 is 0 Å². The van der Waals surface area contributed by atoms with E-state index in [1.54, 1.807) is 6.92 Å². The third-order valence-electron chi connectivity index (χ3n) is 2.94. The molecule has 0 unspecified atom stereocenters. The summed E-state index contributed by atoms with van der Waals surface area (Å²) in [6, 6.07) is 13.5. The van der Waals surface area contributed by atoms with Crippen LogP contribution >= 0.6 is 7.82 Å². The van der Waals surface area contributed by atoms with Crippen molar-refractivity contribution < 1.29 is 18.9 Å². The molecule has 0 aromatic heterocycles. The zero-order valence-electron chi connectivity index (χ0n) is 11.4. The molecule has 2 aromatic rings. The van der Waals surface area contributed by atoms with Gasteiger partial charge < -0.3 is 4.52 Å². The highest BCUT2D eigenvalue weighted by molar-refractivity contribution is 7.46. The van der Waals surface area contributed by atoms with Crippen molar-refractivity contribution in [1.82, 2.24) is 0 Å². The van der Waals surface area contributed by atoms with Gasteiger partial charge in [-0.05, 0) is 30.5 Å². The Balaban J connectivity index is 2.42. The van der Waals surface area contributed by atoms with E-state index < -0.39 is 7.82 Å². The minimum atomic E-state index is -4.56. The molecular weight excluding hydrogens is 275 g/mol. The summed E-state index contributed by atoms with van der Waals surface area (Å²) in [5.41, 5.74) is 3.59. The van der Waals surface area contributed by atoms with Crippen LogP contribution in [-0.2, 0) is 11.0 Å². The molecule has 0 aliphatic heterocycles. The number of rotatable bonds is 4. The van der Waals surface area contributed by atoms with Crippen LogP contribution < -0.4 is 4.52 Å². The van der Waals surface area contributed by atoms with Gasteiger partial charge in [-0.1, -0.05) is 48.0 Å². The molecule has 0 amide bonds. The monoisotopic (exact) mass is 292 g/mol. The zero-order valence-corrected chi connectivity index (χ0v) is 12.3. The van der Waals surface area contributed by atoms with E-state index in [9.17, 15) is 4.57 Å². The van der Waals surface area contributed by atoms with Crippen LogP contribution in [0.4, 0.5) is 0 Å². The molecule has 0 saturated heterocycles. The second-order valence-corrected chi connectivity index (χ2v) is 5.98. The SMILES string of the molecule is Cc1cc(C)c(OP(=O)(O)O)c(Cc2ccccc2)c1. The summed E-state index contributed by atoms with van der Waals surface area (Å²) < 4.78 is 16.0. The van der Waals surface area contributed by atoms with Crippen molar-refractivity contribution in [3.8, 4) is 5.75 Å². The van der Waals surface area contributed by atoms with Gasteiger partial charge in [0.05, 0.1) is 0 Å². The number of aryl methyl sites for hydroxylation is 2. The summed E-state index contributed by atoms with van der Waals surface area (Å²) in [5, 5.41) is 0. The van der Waals surface area contributed by atoms with Gasteiger partial charge in [0, 0.05) is 6.42 Å². The largest absolute Gasteiger partial charge is 0.524 e. The Hall–Kier alpha value is -1.61. The molecule has 0 saturated carbocycles. The maximum absolute atomic E-state index is 11.1. The molecule has 0 heterocycles. The van der Waals surface area contributed by atoms with E-state index in [0.29, 0.717) is 6.42 Å². The Morgan fingerprint density at radius 1 is 1.10 bits per heavy atom. The zero-order chi connectivity index (χ0) is 14.8. The van der Waals surface area contributed by atoms with Crippen LogP contribution in [0, 0.1) is 13.8 Å². The third kappa shape index (κ3) is 3.94. The lowest BCUT2D eigenvalue weighted by atomic mass is 9.99. The molecule has 0 aliphatic rings. The fraction of sp³-hybridized carbons (Fsp3) is 0.200. The number of hydrogen-bond acceptors (Lipinski definition) is 2. The predicted octanol–water partition coefficient (Wildman–Crippen LogP) is 3.37. The first-order valence-electron chi connectivity index (χ1n) is 6.24. The van der Waals surface area contributed by atoms with Crippen LogP contribution in [0.5, 0.6) is 5.75 Å². The molecule has 4 nitrogen and oxygen atoms in total. The van der Waals surface area contributed by atoms with Crippen LogP contribution in [0.1, 0.15) is 22.3 Å². The van der Waals surface area contributed by atoms with E-state index in [2.05, 4.69) is 0 Å². The molecule has 2 N–H and O–H groups in total. The van der Waals surface area contributed by atoms with Gasteiger partial charge in [-0.2, -0.15) is 0 Å². The molecule has 5 heteroatoms. The first-order valence-corrected chi connectivity index (χ1v) is 7.77. The number of benzene rings is 2. The van der Waals surface area contributed by atoms with Crippen LogP contribution in [-0.4, -0.2) is 9.79 Å². The van der Waals surface area contributed by atoms with Crippen LogP contribution in [0.2, 0.25) is 0 Å². The van der Waals surface area contributed by atoms with Crippen molar-refractivity contribution in [2.75, 3.05) is 0 Å². The second kappa shape index (κ2) is 5.80. The Labute approximate surface area is 118 Å². The molecule has 0 fully saturated rings. The fourth-order valence-electron chi connectivity index (χ4n) is 2.24. The first-order chi connectivity index (χ1) is 9.35. The highest BCUT2D eigenvalue weighted by Gasteiger charge is 2.20. The number of phosphoric acid groups is 1. The molecule has 0 radical (unpaired) electrons. The highest BCUT2D eigenvalue weighted by atomic mass is 31.2. The maximum atomic E-state index is 11.1. The Bertz CT molecular complexity index is 646. The lowest BCUT2D eigenvalue weighted by Crippen LogP contribution is -1.99. The quantitative estimate of drug-likeness (QED) is 0.848. The third-order valence-corrected chi connectivity index (χ3v) is 3.36. The lowest BCUT2D eigenvalue weighted by Gasteiger charge is -2.15. The molecule has 0 bridgehead atoms. The molecular formula is C15H17O4P. The average Bonchev–Trinajstić information content (AvgIpc) is 2.34. The molecule has 0 aliphatic carbocycles. The minimum absolute atomic E-state index is 0.271. The molecule has 0 atom stereocenters. The fourth-order valence-corrected chi connectivity index (χ4v) is 2.74. The summed E-state index contributed by atoms with van der Waals surface area (Å²) in [7, 11) is -4.56. The van der Waals surface area contributed by atoms with Crippen molar-refractivity contribution in [3.05, 3.63) is 64.7 Å². The lowest BCUT2D eigenvalue weighted by molar-refractivity contribution is 0.281. The second-order valence-electron chi connectivity index (χ2n) is 4.81. The van der Waals surface area contributed by atoms with Crippen molar-refractivity contribution in [2.24, 2.45) is 0 Å². The average molecular weight is 292 g/mol. The summed E-state index contributed by atoms with van der Waals surface area (Å²) >= 11 is 0. The van der Waals surface area contributed by atoms with Gasteiger partial charge >= 0.3 is 7.82 Å². The predicted molar refractivity (Wildman–Crippen MR) is 77.8 cm³/mol. The van der Waals surface area contributed by atoms with Gasteiger partial charge in [0.25, 0.3) is 0 Å². The number of hydrogen-bond donors (Lipinski definition) is 2. The summed E-state index contributed by atoms with van der Waals surface area (Å²) in [6.07, 6.45) is 0.568. The van der Waals surface area contributed by atoms with Gasteiger partial charge in [-0.25, -0.2) is 4.57 Å². The normalized spacial score (nSPS) is 11.4. The highest BCUT2D eigenvalue weighted by Crippen LogP contribution is 2.41. The van der Waals surface area contributed by atoms with E-state index in [1.165, 1.54) is 0 Å². The molecule has 106 valence electrons. The van der Waals surface area contributed by atoms with Gasteiger partial charge in [0.2, 0.25) is 0 Å². The summed E-state index contributed by atoms with van der Waals surface area (Å²) in [6.45, 7) is 3.73. The first kappa shape index (κ1) is 14.8. The molecule has 2 aromatic carbocycles. The Morgan fingerprint density at radius 3 is 2.35 bits per heavy atom. The van der Waals surface area contributed by atoms with E-state index in [4.69, 9.17) is 14.3 Å². The standard InChI is InChI=1S/C15H17O4P/c1-11-8-12(2)15(19-20(16,17)18)14(9-11)10-13-6-4-3-5-7-13/h3-9H,10H2,1-2H3,(H2,16,17,18). The minimum Gasteiger partial charge on any atom is -0.404 e. The number of phosphoric ester groups is 1. The maximum Gasteiger partial charge on any atom is 0.524 e. The van der Waals surface area contributed by atoms with Crippen LogP contribution in [0.25, 0.3) is 0 Å². The van der Waals surface area contributed by atoms with Crippen molar-refractivity contribution in [1.29, 1.82) is 0 Å². The Kier molecular flexibility index (Phi) is 4.29. The van der Waals surface area contributed by atoms with Crippen molar-refractivity contribution in [3.63, 3.8) is 0 Å². The van der Waals surface area contributed by atoms with Gasteiger partial charge in [0.1, 0.15) is 5.75 Å². The van der Waals surface area contributed by atoms with Gasteiger partial charge in [-0.15, -0.1) is 0 Å². The van der Waals surface area contributed by atoms with Crippen LogP contribution in [0.15, 0.2) is 42.5 Å². The summed E-state index contributed by atoms with van der Waals surface area (Å²) in [5.74, 6) is 0.271. The van der Waals surface area contributed by atoms with E-state index in [-0.39, 0.29) is 5.75 Å². The molecule has 2 rings (SSSR count). The van der Waals surface area contributed by atoms with E-state index in [0.717, 1.165) is 22.3 Å². The van der Waals surface area contributed by atoms with Crippen molar-refractivity contribution >= 4 is 7.82 Å².